The Morgan fingerprint density at radius 2 is 2.00 bits per heavy atom. The fourth-order valence-electron chi connectivity index (χ4n) is 3.93. The molecule has 0 spiro atoms. The highest BCUT2D eigenvalue weighted by atomic mass is 16.5. The van der Waals surface area contributed by atoms with Crippen LogP contribution >= 0.6 is 0 Å². The molecule has 0 bridgehead atoms. The van der Waals surface area contributed by atoms with Crippen LogP contribution in [0.1, 0.15) is 41.4 Å². The smallest absolute Gasteiger partial charge is 0.273 e. The normalized spacial score (nSPS) is 15.6. The first-order chi connectivity index (χ1) is 16.5. The number of nitrogens with one attached hydrogen (secondary N) is 2. The van der Waals surface area contributed by atoms with E-state index in [0.29, 0.717) is 35.8 Å². The van der Waals surface area contributed by atoms with Gasteiger partial charge in [0, 0.05) is 23.6 Å². The van der Waals surface area contributed by atoms with Gasteiger partial charge in [-0.15, -0.1) is 0 Å². The molecule has 2 amide bonds. The monoisotopic (exact) mass is 461 g/mol. The lowest BCUT2D eigenvalue weighted by molar-refractivity contribution is -0.133. The molecule has 1 atom stereocenters. The van der Waals surface area contributed by atoms with Crippen molar-refractivity contribution in [2.45, 2.75) is 26.3 Å². The van der Waals surface area contributed by atoms with E-state index in [0.717, 1.165) is 23.3 Å². The van der Waals surface area contributed by atoms with Gasteiger partial charge in [0.05, 0.1) is 39.0 Å². The molecule has 0 aliphatic carbocycles. The van der Waals surface area contributed by atoms with E-state index in [9.17, 15) is 9.59 Å². The van der Waals surface area contributed by atoms with Crippen molar-refractivity contribution in [1.29, 1.82) is 0 Å². The molecule has 1 aliphatic heterocycles. The van der Waals surface area contributed by atoms with Crippen LogP contribution in [0, 0.1) is 5.92 Å². The molecule has 176 valence electrons. The molecule has 9 nitrogen and oxygen atoms in total. The molecule has 3 aromatic rings. The summed E-state index contributed by atoms with van der Waals surface area (Å²) >= 11 is 0. The lowest BCUT2D eigenvalue weighted by Crippen LogP contribution is -2.36. The first kappa shape index (κ1) is 23.0. The van der Waals surface area contributed by atoms with Crippen LogP contribution < -0.4 is 14.8 Å². The maximum absolute atomic E-state index is 12.9. The molecule has 1 unspecified atom stereocenters. The number of hydrogen-bond donors (Lipinski definition) is 2. The SMILES string of the molecule is CCC1CC(=O)N(Cc2cccc(NC(=O)c3cnc[nH]3)c2)N=C1c1ccc(OC)c(OC)c1. The molecule has 4 rings (SSSR count). The van der Waals surface area contributed by atoms with Crippen molar-refractivity contribution >= 4 is 23.2 Å². The quantitative estimate of drug-likeness (QED) is 0.530. The van der Waals surface area contributed by atoms with E-state index in [1.807, 2.05) is 36.4 Å². The highest BCUT2D eigenvalue weighted by molar-refractivity contribution is 6.06. The molecular formula is C25H27N5O4. The van der Waals surface area contributed by atoms with Crippen LogP contribution in [0.15, 0.2) is 60.1 Å². The Hall–Kier alpha value is -4.14. The summed E-state index contributed by atoms with van der Waals surface area (Å²) in [5.74, 6) is 0.937. The largest absolute Gasteiger partial charge is 0.493 e. The van der Waals surface area contributed by atoms with Crippen molar-refractivity contribution < 1.29 is 19.1 Å². The molecule has 34 heavy (non-hydrogen) atoms. The lowest BCUT2D eigenvalue weighted by atomic mass is 9.89. The van der Waals surface area contributed by atoms with E-state index in [1.165, 1.54) is 17.5 Å². The van der Waals surface area contributed by atoms with E-state index in [2.05, 4.69) is 22.2 Å². The van der Waals surface area contributed by atoms with Gasteiger partial charge < -0.3 is 19.8 Å². The number of aromatic nitrogens is 2. The van der Waals surface area contributed by atoms with Crippen LogP contribution in [0.2, 0.25) is 0 Å². The average molecular weight is 462 g/mol. The molecule has 2 heterocycles. The zero-order chi connectivity index (χ0) is 24.1. The number of methoxy groups -OCH3 is 2. The van der Waals surface area contributed by atoms with Gasteiger partial charge in [0.1, 0.15) is 5.69 Å². The van der Waals surface area contributed by atoms with Crippen molar-refractivity contribution in [3.63, 3.8) is 0 Å². The second-order valence-electron chi connectivity index (χ2n) is 7.94. The second kappa shape index (κ2) is 10.2. The number of rotatable bonds is 8. The first-order valence-electron chi connectivity index (χ1n) is 11.0. The van der Waals surface area contributed by atoms with Crippen molar-refractivity contribution in [1.82, 2.24) is 15.0 Å². The van der Waals surface area contributed by atoms with E-state index >= 15 is 0 Å². The molecule has 2 aromatic carbocycles. The molecule has 1 aliphatic rings. The molecule has 2 N–H and O–H groups in total. The molecule has 0 saturated carbocycles. The molecule has 0 fully saturated rings. The Bertz CT molecular complexity index is 1210. The van der Waals surface area contributed by atoms with Crippen LogP contribution in [-0.4, -0.2) is 46.7 Å². The highest BCUT2D eigenvalue weighted by Crippen LogP contribution is 2.31. The minimum Gasteiger partial charge on any atom is -0.493 e. The minimum atomic E-state index is -0.289. The minimum absolute atomic E-state index is 0.0156. The summed E-state index contributed by atoms with van der Waals surface area (Å²) in [5, 5.41) is 9.07. The second-order valence-corrected chi connectivity index (χ2v) is 7.94. The summed E-state index contributed by atoms with van der Waals surface area (Å²) in [7, 11) is 3.19. The third kappa shape index (κ3) is 4.93. The molecular weight excluding hydrogens is 434 g/mol. The van der Waals surface area contributed by atoms with Crippen molar-refractivity contribution in [3.8, 4) is 11.5 Å². The van der Waals surface area contributed by atoms with Crippen LogP contribution in [0.3, 0.4) is 0 Å². The number of carbonyl (C=O) groups is 2. The predicted molar refractivity (Wildman–Crippen MR) is 128 cm³/mol. The van der Waals surface area contributed by atoms with Gasteiger partial charge in [-0.2, -0.15) is 5.10 Å². The van der Waals surface area contributed by atoms with E-state index < -0.39 is 0 Å². The van der Waals surface area contributed by atoms with Gasteiger partial charge in [0.15, 0.2) is 11.5 Å². The highest BCUT2D eigenvalue weighted by Gasteiger charge is 2.29. The predicted octanol–water partition coefficient (Wildman–Crippen LogP) is 3.84. The number of carbonyl (C=O) groups excluding carboxylic acids is 2. The van der Waals surface area contributed by atoms with E-state index in [-0.39, 0.29) is 17.7 Å². The number of hydrogen-bond acceptors (Lipinski definition) is 6. The van der Waals surface area contributed by atoms with Crippen molar-refractivity contribution in [3.05, 3.63) is 71.8 Å². The van der Waals surface area contributed by atoms with Crippen LogP contribution in [0.4, 0.5) is 5.69 Å². The van der Waals surface area contributed by atoms with Crippen LogP contribution in [-0.2, 0) is 11.3 Å². The average Bonchev–Trinajstić information content (AvgIpc) is 3.40. The Labute approximate surface area is 197 Å². The number of H-pyrrole nitrogens is 1. The van der Waals surface area contributed by atoms with E-state index in [1.54, 1.807) is 20.3 Å². The van der Waals surface area contributed by atoms with Gasteiger partial charge in [-0.05, 0) is 42.3 Å². The van der Waals surface area contributed by atoms with Gasteiger partial charge in [-0.3, -0.25) is 9.59 Å². The zero-order valence-corrected chi connectivity index (χ0v) is 19.4. The maximum Gasteiger partial charge on any atom is 0.273 e. The number of anilines is 1. The van der Waals surface area contributed by atoms with Crippen molar-refractivity contribution in [2.24, 2.45) is 11.0 Å². The summed E-state index contributed by atoms with van der Waals surface area (Å²) < 4.78 is 10.8. The summed E-state index contributed by atoms with van der Waals surface area (Å²) in [6.45, 7) is 2.34. The number of hydrazone groups is 1. The van der Waals surface area contributed by atoms with E-state index in [4.69, 9.17) is 14.6 Å². The fraction of sp³-hybridized carbons (Fsp3) is 0.280. The van der Waals surface area contributed by atoms with Gasteiger partial charge in [0.25, 0.3) is 5.91 Å². The summed E-state index contributed by atoms with van der Waals surface area (Å²) in [5.41, 5.74) is 3.57. The fourth-order valence-corrected chi connectivity index (χ4v) is 3.93. The van der Waals surface area contributed by atoms with Gasteiger partial charge in [-0.1, -0.05) is 19.1 Å². The van der Waals surface area contributed by atoms with Crippen LogP contribution in [0.25, 0.3) is 0 Å². The number of aromatic amines is 1. The summed E-state index contributed by atoms with van der Waals surface area (Å²) in [4.78, 5) is 31.8. The third-order valence-electron chi connectivity index (χ3n) is 5.76. The third-order valence-corrected chi connectivity index (χ3v) is 5.76. The molecule has 9 heteroatoms. The number of ether oxygens (including phenoxy) is 2. The summed E-state index contributed by atoms with van der Waals surface area (Å²) in [6, 6.07) is 13.0. The van der Waals surface area contributed by atoms with Gasteiger partial charge in [0.2, 0.25) is 5.91 Å². The Morgan fingerprint density at radius 1 is 1.18 bits per heavy atom. The number of amides is 2. The molecule has 0 radical (unpaired) electrons. The topological polar surface area (TPSA) is 109 Å². The Morgan fingerprint density at radius 3 is 2.71 bits per heavy atom. The molecule has 1 aromatic heterocycles. The maximum atomic E-state index is 12.9. The Balaban J connectivity index is 1.58. The zero-order valence-electron chi connectivity index (χ0n) is 19.4. The van der Waals surface area contributed by atoms with Gasteiger partial charge >= 0.3 is 0 Å². The number of benzene rings is 2. The standard InChI is InChI=1S/C25H27N5O4/c1-4-17-12-23(31)30(29-24(17)18-8-9-21(33-2)22(11-18)34-3)14-16-6-5-7-19(10-16)28-25(32)20-13-26-15-27-20/h5-11,13,15,17H,4,12,14H2,1-3H3,(H,26,27)(H,28,32). The lowest BCUT2D eigenvalue weighted by Gasteiger charge is -2.29. The first-order valence-corrected chi connectivity index (χ1v) is 11.0. The molecule has 0 saturated heterocycles. The number of nitrogens with zero attached hydrogens (tertiary/aromatic N) is 3. The van der Waals surface area contributed by atoms with Gasteiger partial charge in [-0.25, -0.2) is 9.99 Å². The van der Waals surface area contributed by atoms with Crippen molar-refractivity contribution in [2.75, 3.05) is 19.5 Å². The van der Waals surface area contributed by atoms with Crippen LogP contribution in [0.5, 0.6) is 11.5 Å². The summed E-state index contributed by atoms with van der Waals surface area (Å²) in [6.07, 6.45) is 4.08. The Kier molecular flexibility index (Phi) is 6.91. The number of imidazole rings is 1.